The zero-order valence-electron chi connectivity index (χ0n) is 20.6. The smallest absolute Gasteiger partial charge is 0.429 e. The van der Waals surface area contributed by atoms with Crippen LogP contribution < -0.4 is 9.47 Å². The molecule has 1 fully saturated rings. The van der Waals surface area contributed by atoms with Crippen LogP contribution in [0.3, 0.4) is 0 Å². The number of alkyl halides is 5. The van der Waals surface area contributed by atoms with Gasteiger partial charge in [0.25, 0.3) is 0 Å². The molecule has 1 aliphatic rings. The van der Waals surface area contributed by atoms with E-state index in [1.807, 2.05) is 0 Å². The fourth-order valence-corrected chi connectivity index (χ4v) is 3.97. The van der Waals surface area contributed by atoms with Gasteiger partial charge in [0, 0.05) is 29.2 Å². The summed E-state index contributed by atoms with van der Waals surface area (Å²) >= 11 is 0. The zero-order chi connectivity index (χ0) is 29.1. The van der Waals surface area contributed by atoms with Crippen LogP contribution in [0.1, 0.15) is 28.5 Å². The van der Waals surface area contributed by atoms with Crippen molar-refractivity contribution in [2.45, 2.75) is 31.6 Å². The Kier molecular flexibility index (Phi) is 8.69. The molecule has 4 nitrogen and oxygen atoms in total. The fourth-order valence-electron chi connectivity index (χ4n) is 3.97. The Balaban J connectivity index is 1.42. The van der Waals surface area contributed by atoms with Crippen molar-refractivity contribution in [2.75, 3.05) is 13.2 Å². The van der Waals surface area contributed by atoms with Gasteiger partial charge in [0.2, 0.25) is 0 Å². The van der Waals surface area contributed by atoms with Gasteiger partial charge in [0.05, 0.1) is 18.8 Å². The highest BCUT2D eigenvalue weighted by molar-refractivity contribution is 5.34. The summed E-state index contributed by atoms with van der Waals surface area (Å²) in [7, 11) is 0. The monoisotopic (exact) mass is 574 g/mol. The molecule has 0 saturated carbocycles. The minimum Gasteiger partial charge on any atom is -0.429 e. The van der Waals surface area contributed by atoms with Crippen LogP contribution in [0.2, 0.25) is 0 Å². The van der Waals surface area contributed by atoms with Gasteiger partial charge in [-0.15, -0.1) is 19.8 Å². The van der Waals surface area contributed by atoms with Crippen LogP contribution in [0.15, 0.2) is 67.3 Å². The molecule has 12 heteroatoms. The van der Waals surface area contributed by atoms with Crippen molar-refractivity contribution in [1.82, 2.24) is 0 Å². The normalized spacial score (nSPS) is 17.9. The van der Waals surface area contributed by atoms with Crippen molar-refractivity contribution >= 4 is 0 Å². The van der Waals surface area contributed by atoms with Gasteiger partial charge in [-0.25, -0.2) is 13.2 Å². The Morgan fingerprint density at radius 3 is 1.95 bits per heavy atom. The van der Waals surface area contributed by atoms with Gasteiger partial charge in [-0.05, 0) is 42.7 Å². The lowest BCUT2D eigenvalue weighted by Gasteiger charge is -2.28. The Morgan fingerprint density at radius 2 is 1.40 bits per heavy atom. The molecule has 0 N–H and O–H groups in total. The van der Waals surface area contributed by atoms with Crippen LogP contribution >= 0.6 is 0 Å². The third-order valence-corrected chi connectivity index (χ3v) is 6.02. The number of hydrogen-bond donors (Lipinski definition) is 0. The lowest BCUT2D eigenvalue weighted by Crippen LogP contribution is -2.26. The predicted molar refractivity (Wildman–Crippen MR) is 126 cm³/mol. The molecule has 40 heavy (non-hydrogen) atoms. The summed E-state index contributed by atoms with van der Waals surface area (Å²) in [4.78, 5) is 0. The summed E-state index contributed by atoms with van der Waals surface area (Å²) < 4.78 is 129. The molecule has 0 aliphatic carbocycles. The fraction of sp³-hybridized carbons (Fsp3) is 0.286. The van der Waals surface area contributed by atoms with Gasteiger partial charge < -0.3 is 18.9 Å². The maximum atomic E-state index is 14.8. The van der Waals surface area contributed by atoms with Crippen molar-refractivity contribution < 1.29 is 54.1 Å². The Labute approximate surface area is 223 Å². The van der Waals surface area contributed by atoms with E-state index in [0.29, 0.717) is 17.7 Å². The van der Waals surface area contributed by atoms with Gasteiger partial charge in [-0.2, -0.15) is 8.78 Å². The number of hydrogen-bond acceptors (Lipinski definition) is 4. The predicted octanol–water partition coefficient (Wildman–Crippen LogP) is 7.76. The summed E-state index contributed by atoms with van der Waals surface area (Å²) in [5.41, 5.74) is -1.01. The number of rotatable bonds is 9. The van der Waals surface area contributed by atoms with E-state index in [1.165, 1.54) is 18.2 Å². The Hall–Kier alpha value is -3.64. The van der Waals surface area contributed by atoms with E-state index in [4.69, 9.17) is 9.47 Å². The second-order valence-electron chi connectivity index (χ2n) is 8.91. The van der Waals surface area contributed by atoms with E-state index in [0.717, 1.165) is 24.3 Å². The highest BCUT2D eigenvalue weighted by Crippen LogP contribution is 2.36. The second-order valence-corrected chi connectivity index (χ2v) is 8.91. The first-order chi connectivity index (χ1) is 18.8. The Bertz CT molecular complexity index is 1310. The quantitative estimate of drug-likeness (QED) is 0.193. The SMILES string of the molecule is C=CC1COC(c2ccc(C(F)(F)Oc3cc(F)c(CCc4ccc(OC(F)(F)F)cc4)c(F)c3)c(F)c2)OC1. The molecule has 214 valence electrons. The lowest BCUT2D eigenvalue weighted by molar-refractivity contribution is -0.274. The molecule has 0 bridgehead atoms. The van der Waals surface area contributed by atoms with Gasteiger partial charge in [-0.1, -0.05) is 24.3 Å². The van der Waals surface area contributed by atoms with E-state index in [2.05, 4.69) is 16.1 Å². The van der Waals surface area contributed by atoms with Crippen LogP contribution in [-0.4, -0.2) is 19.6 Å². The van der Waals surface area contributed by atoms with Crippen molar-refractivity contribution in [3.05, 3.63) is 107 Å². The van der Waals surface area contributed by atoms with Gasteiger partial charge in [0.1, 0.15) is 29.0 Å². The first-order valence-electron chi connectivity index (χ1n) is 11.9. The van der Waals surface area contributed by atoms with Crippen molar-refractivity contribution in [1.29, 1.82) is 0 Å². The molecule has 3 aromatic rings. The van der Waals surface area contributed by atoms with E-state index < -0.39 is 58.8 Å². The maximum Gasteiger partial charge on any atom is 0.573 e. The van der Waals surface area contributed by atoms with Gasteiger partial charge >= 0.3 is 12.5 Å². The van der Waals surface area contributed by atoms with Crippen molar-refractivity contribution in [3.8, 4) is 11.5 Å². The number of aryl methyl sites for hydroxylation is 1. The lowest BCUT2D eigenvalue weighted by atomic mass is 10.0. The summed E-state index contributed by atoms with van der Waals surface area (Å²) in [6.45, 7) is 4.14. The topological polar surface area (TPSA) is 36.9 Å². The molecule has 0 atom stereocenters. The molecule has 0 amide bonds. The summed E-state index contributed by atoms with van der Waals surface area (Å²) in [6.07, 6.45) is -8.69. The third kappa shape index (κ3) is 7.30. The molecular formula is C28H22F8O4. The number of halogens is 8. The van der Waals surface area contributed by atoms with Crippen LogP contribution in [0.25, 0.3) is 0 Å². The molecule has 0 aromatic heterocycles. The van der Waals surface area contributed by atoms with E-state index in [9.17, 15) is 35.1 Å². The standard InChI is InChI=1S/C28H22F8O4/c1-2-16-14-37-26(38-15-16)18-6-10-22(25(31)11-18)27(32,33)39-20-12-23(29)21(24(30)13-20)9-5-17-3-7-19(8-4-17)40-28(34,35)36/h2-4,6-8,10-13,16,26H,1,5,9,14-15H2. The molecule has 3 aromatic carbocycles. The van der Waals surface area contributed by atoms with Crippen LogP contribution in [0, 0.1) is 23.4 Å². The third-order valence-electron chi connectivity index (χ3n) is 6.02. The molecule has 0 unspecified atom stereocenters. The number of ether oxygens (including phenoxy) is 4. The molecule has 4 rings (SSSR count). The molecule has 1 saturated heterocycles. The van der Waals surface area contributed by atoms with Crippen molar-refractivity contribution in [3.63, 3.8) is 0 Å². The summed E-state index contributed by atoms with van der Waals surface area (Å²) in [6, 6.07) is 8.50. The van der Waals surface area contributed by atoms with E-state index in [1.54, 1.807) is 6.08 Å². The summed E-state index contributed by atoms with van der Waals surface area (Å²) in [5.74, 6) is -5.12. The molecule has 1 heterocycles. The van der Waals surface area contributed by atoms with Crippen LogP contribution in [-0.2, 0) is 28.4 Å². The number of benzene rings is 3. The van der Waals surface area contributed by atoms with Crippen LogP contribution in [0.5, 0.6) is 11.5 Å². The first-order valence-corrected chi connectivity index (χ1v) is 11.9. The van der Waals surface area contributed by atoms with Crippen molar-refractivity contribution in [2.24, 2.45) is 5.92 Å². The second kappa shape index (κ2) is 11.8. The Morgan fingerprint density at radius 1 is 0.775 bits per heavy atom. The molecule has 1 aliphatic heterocycles. The average molecular weight is 574 g/mol. The zero-order valence-corrected chi connectivity index (χ0v) is 20.6. The van der Waals surface area contributed by atoms with Crippen LogP contribution in [0.4, 0.5) is 35.1 Å². The molecule has 0 radical (unpaired) electrons. The highest BCUT2D eigenvalue weighted by atomic mass is 19.4. The molecular weight excluding hydrogens is 552 g/mol. The molecule has 0 spiro atoms. The van der Waals surface area contributed by atoms with Gasteiger partial charge in [0.15, 0.2) is 6.29 Å². The minimum atomic E-state index is -4.86. The average Bonchev–Trinajstić information content (AvgIpc) is 2.88. The van der Waals surface area contributed by atoms with Gasteiger partial charge in [-0.3, -0.25) is 0 Å². The largest absolute Gasteiger partial charge is 0.573 e. The van der Waals surface area contributed by atoms with E-state index >= 15 is 0 Å². The van der Waals surface area contributed by atoms with E-state index in [-0.39, 0.29) is 37.5 Å². The highest BCUT2D eigenvalue weighted by Gasteiger charge is 2.39. The minimum absolute atomic E-state index is 0.0245. The first kappa shape index (κ1) is 29.3. The maximum absolute atomic E-state index is 14.8. The summed E-state index contributed by atoms with van der Waals surface area (Å²) in [5, 5.41) is 0.